The normalized spacial score (nSPS) is 11.6. The van der Waals surface area contributed by atoms with Gasteiger partial charge in [0.25, 0.3) is 0 Å². The summed E-state index contributed by atoms with van der Waals surface area (Å²) >= 11 is 6.88. The average Bonchev–Trinajstić information content (AvgIpc) is 3.05. The molecule has 3 rings (SSSR count). The van der Waals surface area contributed by atoms with Crippen LogP contribution in [-0.4, -0.2) is 32.5 Å². The molecule has 3 aromatic rings. The quantitative estimate of drug-likeness (QED) is 0.525. The summed E-state index contributed by atoms with van der Waals surface area (Å²) in [6.07, 6.45) is 2.86. The maximum atomic E-state index is 6.29. The first kappa shape index (κ1) is 16.1. The number of hydrogen-bond donors (Lipinski definition) is 2. The summed E-state index contributed by atoms with van der Waals surface area (Å²) in [5.41, 5.74) is 6.99. The molecule has 3 aromatic heterocycles. The molecule has 0 fully saturated rings. The van der Waals surface area contributed by atoms with Crippen LogP contribution in [0, 0.1) is 4.77 Å². The van der Waals surface area contributed by atoms with Gasteiger partial charge in [-0.25, -0.2) is 4.98 Å². The number of nitrogens with zero attached hydrogens (tertiary/aromatic N) is 3. The summed E-state index contributed by atoms with van der Waals surface area (Å²) in [6.45, 7) is 5.48. The van der Waals surface area contributed by atoms with E-state index in [0.29, 0.717) is 17.1 Å². The fraction of sp³-hybridized carbons (Fsp3) is 0.400. The van der Waals surface area contributed by atoms with Gasteiger partial charge in [0.1, 0.15) is 4.83 Å². The summed E-state index contributed by atoms with van der Waals surface area (Å²) < 4.78 is 8.15. The van der Waals surface area contributed by atoms with Crippen LogP contribution in [0.4, 0.5) is 5.69 Å². The van der Waals surface area contributed by atoms with Crippen molar-refractivity contribution in [3.05, 3.63) is 23.1 Å². The van der Waals surface area contributed by atoms with Crippen molar-refractivity contribution in [1.29, 1.82) is 0 Å². The Balaban J connectivity index is 1.90. The first-order valence-corrected chi connectivity index (χ1v) is 8.70. The Morgan fingerprint density at radius 2 is 2.30 bits per heavy atom. The highest BCUT2D eigenvalue weighted by molar-refractivity contribution is 7.71. The van der Waals surface area contributed by atoms with Crippen molar-refractivity contribution in [1.82, 2.24) is 19.7 Å². The van der Waals surface area contributed by atoms with Crippen molar-refractivity contribution in [2.24, 2.45) is 0 Å². The van der Waals surface area contributed by atoms with Crippen LogP contribution in [0.25, 0.3) is 20.9 Å². The molecule has 0 saturated carbocycles. The number of nitrogens with two attached hydrogens (primary N) is 1. The van der Waals surface area contributed by atoms with Gasteiger partial charge >= 0.3 is 0 Å². The van der Waals surface area contributed by atoms with Gasteiger partial charge in [-0.05, 0) is 44.6 Å². The van der Waals surface area contributed by atoms with E-state index in [2.05, 4.69) is 15.2 Å². The molecular formula is C15H19N5OS2. The third kappa shape index (κ3) is 3.29. The number of ether oxygens (including phenoxy) is 1. The van der Waals surface area contributed by atoms with Gasteiger partial charge in [-0.1, -0.05) is 0 Å². The lowest BCUT2D eigenvalue weighted by Gasteiger charge is -2.09. The first-order chi connectivity index (χ1) is 11.1. The number of fused-ring (bicyclic) bond motifs is 1. The van der Waals surface area contributed by atoms with Crippen LogP contribution in [0.15, 0.2) is 18.3 Å². The molecule has 0 bridgehead atoms. The SMILES string of the molecule is CC(C)OCCCn1c(-c2sc3ncccc3c2N)n[nH]c1=S. The molecule has 122 valence electrons. The molecule has 0 saturated heterocycles. The number of nitrogens with one attached hydrogen (secondary N) is 1. The number of aromatic amines is 1. The Bertz CT molecular complexity index is 864. The van der Waals surface area contributed by atoms with E-state index in [1.54, 1.807) is 6.20 Å². The summed E-state index contributed by atoms with van der Waals surface area (Å²) in [5, 5.41) is 8.18. The molecule has 3 N–H and O–H groups in total. The molecule has 0 atom stereocenters. The zero-order valence-corrected chi connectivity index (χ0v) is 14.7. The second-order valence-corrected chi connectivity index (χ2v) is 6.86. The molecule has 3 heterocycles. The molecule has 0 aliphatic heterocycles. The highest BCUT2D eigenvalue weighted by atomic mass is 32.1. The van der Waals surface area contributed by atoms with Crippen molar-refractivity contribution in [2.75, 3.05) is 12.3 Å². The van der Waals surface area contributed by atoms with Crippen LogP contribution in [-0.2, 0) is 11.3 Å². The van der Waals surface area contributed by atoms with Crippen molar-refractivity contribution < 1.29 is 4.74 Å². The molecule has 0 aliphatic rings. The van der Waals surface area contributed by atoms with Gasteiger partial charge in [0.2, 0.25) is 0 Å². The fourth-order valence-electron chi connectivity index (χ4n) is 2.36. The lowest BCUT2D eigenvalue weighted by atomic mass is 10.2. The number of nitrogen functional groups attached to an aromatic ring is 1. The molecule has 0 amide bonds. The minimum Gasteiger partial charge on any atom is -0.397 e. The van der Waals surface area contributed by atoms with Crippen molar-refractivity contribution in [3.8, 4) is 10.7 Å². The summed E-state index contributed by atoms with van der Waals surface area (Å²) in [7, 11) is 0. The zero-order valence-electron chi connectivity index (χ0n) is 13.1. The van der Waals surface area contributed by atoms with E-state index in [1.165, 1.54) is 11.3 Å². The number of thiophene rings is 1. The Labute approximate surface area is 143 Å². The molecule has 23 heavy (non-hydrogen) atoms. The highest BCUT2D eigenvalue weighted by Gasteiger charge is 2.17. The number of hydrogen-bond acceptors (Lipinski definition) is 6. The molecule has 8 heteroatoms. The van der Waals surface area contributed by atoms with Gasteiger partial charge in [0.15, 0.2) is 10.6 Å². The molecule has 0 aliphatic carbocycles. The Hall–Kier alpha value is -1.77. The fourth-order valence-corrected chi connectivity index (χ4v) is 3.64. The number of pyridine rings is 1. The van der Waals surface area contributed by atoms with Gasteiger partial charge in [-0.2, -0.15) is 5.10 Å². The van der Waals surface area contributed by atoms with Crippen molar-refractivity contribution in [3.63, 3.8) is 0 Å². The monoisotopic (exact) mass is 349 g/mol. The van der Waals surface area contributed by atoms with E-state index in [1.807, 2.05) is 30.5 Å². The third-order valence-electron chi connectivity index (χ3n) is 3.44. The van der Waals surface area contributed by atoms with E-state index in [-0.39, 0.29) is 6.10 Å². The van der Waals surface area contributed by atoms with Crippen LogP contribution < -0.4 is 5.73 Å². The van der Waals surface area contributed by atoms with Gasteiger partial charge in [-0.15, -0.1) is 11.3 Å². The molecule has 0 radical (unpaired) electrons. The van der Waals surface area contributed by atoms with E-state index < -0.39 is 0 Å². The highest BCUT2D eigenvalue weighted by Crippen LogP contribution is 2.38. The summed E-state index contributed by atoms with van der Waals surface area (Å²) in [4.78, 5) is 6.17. The largest absolute Gasteiger partial charge is 0.397 e. The van der Waals surface area contributed by atoms with Crippen molar-refractivity contribution >= 4 is 39.5 Å². The van der Waals surface area contributed by atoms with Crippen LogP contribution >= 0.6 is 23.6 Å². The number of H-pyrrole nitrogens is 1. The predicted octanol–water partition coefficient (Wildman–Crippen LogP) is 3.61. The topological polar surface area (TPSA) is 81.8 Å². The summed E-state index contributed by atoms with van der Waals surface area (Å²) in [6, 6.07) is 3.86. The van der Waals surface area contributed by atoms with Crippen LogP contribution in [0.3, 0.4) is 0 Å². The van der Waals surface area contributed by atoms with E-state index >= 15 is 0 Å². The van der Waals surface area contributed by atoms with Crippen LogP contribution in [0.5, 0.6) is 0 Å². The van der Waals surface area contributed by atoms with E-state index in [4.69, 9.17) is 22.7 Å². The van der Waals surface area contributed by atoms with Gasteiger partial charge in [0.05, 0.1) is 16.7 Å². The Morgan fingerprint density at radius 1 is 1.48 bits per heavy atom. The standard InChI is InChI=1S/C15H19N5OS2/c1-9(2)21-8-4-7-20-13(18-19-15(20)22)12-11(16)10-5-3-6-17-14(10)23-12/h3,5-6,9H,4,7-8,16H2,1-2H3,(H,19,22). The second kappa shape index (κ2) is 6.77. The number of anilines is 1. The molecule has 0 aromatic carbocycles. The van der Waals surface area contributed by atoms with E-state index in [9.17, 15) is 0 Å². The zero-order chi connectivity index (χ0) is 16.4. The molecule has 0 unspecified atom stereocenters. The predicted molar refractivity (Wildman–Crippen MR) is 96.1 cm³/mol. The lowest BCUT2D eigenvalue weighted by molar-refractivity contribution is 0.0748. The van der Waals surface area contributed by atoms with Crippen LogP contribution in [0.2, 0.25) is 0 Å². The third-order valence-corrected chi connectivity index (χ3v) is 4.88. The van der Waals surface area contributed by atoms with Crippen molar-refractivity contribution in [2.45, 2.75) is 32.9 Å². The lowest BCUT2D eigenvalue weighted by Crippen LogP contribution is -2.08. The number of aromatic nitrogens is 4. The minimum absolute atomic E-state index is 0.233. The second-order valence-electron chi connectivity index (χ2n) is 5.48. The average molecular weight is 349 g/mol. The molecule has 0 spiro atoms. The summed E-state index contributed by atoms with van der Waals surface area (Å²) in [5.74, 6) is 0.764. The molecular weight excluding hydrogens is 330 g/mol. The Morgan fingerprint density at radius 3 is 3.04 bits per heavy atom. The van der Waals surface area contributed by atoms with Gasteiger partial charge in [-0.3, -0.25) is 9.67 Å². The van der Waals surface area contributed by atoms with Crippen LogP contribution in [0.1, 0.15) is 20.3 Å². The molecule has 6 nitrogen and oxygen atoms in total. The van der Waals surface area contributed by atoms with Gasteiger partial charge < -0.3 is 10.5 Å². The maximum Gasteiger partial charge on any atom is 0.195 e. The van der Waals surface area contributed by atoms with E-state index in [0.717, 1.165) is 33.9 Å². The van der Waals surface area contributed by atoms with Gasteiger partial charge in [0, 0.05) is 24.7 Å². The first-order valence-electron chi connectivity index (χ1n) is 7.48. The maximum absolute atomic E-state index is 6.29. The smallest absolute Gasteiger partial charge is 0.195 e. The Kier molecular flexibility index (Phi) is 4.74. The minimum atomic E-state index is 0.233. The number of rotatable bonds is 6.